The van der Waals surface area contributed by atoms with Gasteiger partial charge in [-0.15, -0.1) is 0 Å². The first-order chi connectivity index (χ1) is 12.5. The number of hydrogen-bond acceptors (Lipinski definition) is 2. The van der Waals surface area contributed by atoms with E-state index >= 15 is 0 Å². The Hall–Kier alpha value is -1.26. The fraction of sp³-hybridized carbons (Fsp3) is 0.381. The molecule has 0 radical (unpaired) electrons. The number of aryl methyl sites for hydroxylation is 4. The molecule has 0 bridgehead atoms. The number of halogens is 3. The van der Waals surface area contributed by atoms with E-state index in [-0.39, 0.29) is 13.0 Å². The van der Waals surface area contributed by atoms with Gasteiger partial charge in [-0.1, -0.05) is 71.2 Å². The molecule has 146 valence electrons. The number of benzene rings is 2. The number of alkyl halides is 3. The van der Waals surface area contributed by atoms with Crippen LogP contribution in [0.15, 0.2) is 36.4 Å². The Morgan fingerprint density at radius 3 is 1.56 bits per heavy atom. The summed E-state index contributed by atoms with van der Waals surface area (Å²) in [6.07, 6.45) is 0.0720. The molecule has 0 heterocycles. The van der Waals surface area contributed by atoms with Gasteiger partial charge in [0.2, 0.25) is 5.60 Å². The number of carboxylic acid groups (broad SMARTS) is 1. The monoisotopic (exact) mass is 428 g/mol. The highest BCUT2D eigenvalue weighted by Crippen LogP contribution is 2.42. The second kappa shape index (κ2) is 8.40. The Morgan fingerprint density at radius 2 is 1.26 bits per heavy atom. The van der Waals surface area contributed by atoms with Gasteiger partial charge in [0.1, 0.15) is 0 Å². The molecule has 0 aromatic heterocycles. The van der Waals surface area contributed by atoms with Crippen LogP contribution in [0, 0.1) is 27.7 Å². The van der Waals surface area contributed by atoms with Gasteiger partial charge in [0.25, 0.3) is 0 Å². The second-order valence-electron chi connectivity index (χ2n) is 6.73. The molecule has 27 heavy (non-hydrogen) atoms. The normalized spacial score (nSPS) is 12.3. The number of hydrogen-bond donors (Lipinski definition) is 1. The van der Waals surface area contributed by atoms with Gasteiger partial charge in [-0.3, -0.25) is 0 Å². The summed E-state index contributed by atoms with van der Waals surface area (Å²) >= 11 is 17.6. The summed E-state index contributed by atoms with van der Waals surface area (Å²) in [4.78, 5) is 12.8. The molecule has 2 rings (SSSR count). The van der Waals surface area contributed by atoms with Crippen LogP contribution < -0.4 is 0 Å². The topological polar surface area (TPSA) is 46.5 Å². The quantitative estimate of drug-likeness (QED) is 0.571. The average Bonchev–Trinajstić information content (AvgIpc) is 2.52. The summed E-state index contributed by atoms with van der Waals surface area (Å²) in [5.74, 6) is -1.10. The molecule has 0 spiro atoms. The summed E-state index contributed by atoms with van der Waals surface area (Å²) < 4.78 is 4.59. The van der Waals surface area contributed by atoms with Crippen LogP contribution in [-0.4, -0.2) is 21.5 Å². The Labute approximate surface area is 175 Å². The predicted molar refractivity (Wildman–Crippen MR) is 111 cm³/mol. The first-order valence-electron chi connectivity index (χ1n) is 8.58. The van der Waals surface area contributed by atoms with Crippen molar-refractivity contribution < 1.29 is 14.6 Å². The Balaban J connectivity index is 2.78. The van der Waals surface area contributed by atoms with Crippen molar-refractivity contribution in [1.29, 1.82) is 0 Å². The van der Waals surface area contributed by atoms with Crippen molar-refractivity contribution in [2.45, 2.75) is 43.5 Å². The minimum Gasteiger partial charge on any atom is -0.479 e. The zero-order valence-electron chi connectivity index (χ0n) is 15.8. The van der Waals surface area contributed by atoms with E-state index in [4.69, 9.17) is 39.5 Å². The van der Waals surface area contributed by atoms with E-state index in [0.717, 1.165) is 22.3 Å². The van der Waals surface area contributed by atoms with Crippen molar-refractivity contribution in [2.24, 2.45) is 0 Å². The molecular weight excluding hydrogens is 407 g/mol. The summed E-state index contributed by atoms with van der Waals surface area (Å²) in [6.45, 7) is 7.50. The first-order valence-corrected chi connectivity index (χ1v) is 9.71. The number of carbonyl (C=O) groups is 1. The highest BCUT2D eigenvalue weighted by Gasteiger charge is 2.47. The first kappa shape index (κ1) is 22.0. The minimum atomic E-state index is -1.69. The minimum absolute atomic E-state index is 0.0235. The van der Waals surface area contributed by atoms with E-state index in [0.29, 0.717) is 11.1 Å². The maximum absolute atomic E-state index is 12.8. The molecule has 0 saturated heterocycles. The third-order valence-corrected chi connectivity index (χ3v) is 5.24. The summed E-state index contributed by atoms with van der Waals surface area (Å²) in [7, 11) is 0. The molecule has 0 aliphatic heterocycles. The smallest absolute Gasteiger partial charge is 0.345 e. The Morgan fingerprint density at radius 1 is 0.889 bits per heavy atom. The van der Waals surface area contributed by atoms with Gasteiger partial charge in [-0.05, 0) is 49.9 Å². The highest BCUT2D eigenvalue weighted by atomic mass is 35.6. The molecule has 0 atom stereocenters. The van der Waals surface area contributed by atoms with Crippen molar-refractivity contribution in [3.05, 3.63) is 69.8 Å². The lowest BCUT2D eigenvalue weighted by Crippen LogP contribution is -2.43. The number of carboxylic acids is 1. The molecule has 6 heteroatoms. The molecule has 0 unspecified atom stereocenters. The standard InChI is InChI=1S/C21H23Cl3O3/c1-13-7-5-8-14(2)17(13)21(19(25)26,27-12-11-20(22,23)24)18-15(3)9-6-10-16(18)4/h5-10H,11-12H2,1-4H3,(H,25,26). The van der Waals surface area contributed by atoms with E-state index in [1.807, 2.05) is 64.1 Å². The molecule has 0 aliphatic carbocycles. The Bertz CT molecular complexity index is 749. The predicted octanol–water partition coefficient (Wildman–Crippen LogP) is 6.03. The van der Waals surface area contributed by atoms with Crippen molar-refractivity contribution in [3.63, 3.8) is 0 Å². The van der Waals surface area contributed by atoms with Gasteiger partial charge in [0.05, 0.1) is 6.61 Å². The van der Waals surface area contributed by atoms with Crippen molar-refractivity contribution in [2.75, 3.05) is 6.61 Å². The lowest BCUT2D eigenvalue weighted by Gasteiger charge is -2.36. The van der Waals surface area contributed by atoms with Gasteiger partial charge < -0.3 is 9.84 Å². The summed E-state index contributed by atoms with van der Waals surface area (Å²) in [5.41, 5.74) is 2.84. The zero-order valence-corrected chi connectivity index (χ0v) is 18.0. The molecule has 0 aliphatic rings. The number of rotatable bonds is 6. The van der Waals surface area contributed by atoms with Crippen LogP contribution >= 0.6 is 34.8 Å². The van der Waals surface area contributed by atoms with Gasteiger partial charge in [0.15, 0.2) is 3.79 Å². The third-order valence-electron chi connectivity index (χ3n) is 4.67. The van der Waals surface area contributed by atoms with Gasteiger partial charge >= 0.3 is 5.97 Å². The molecule has 2 aromatic carbocycles. The van der Waals surface area contributed by atoms with Crippen LogP contribution in [0.5, 0.6) is 0 Å². The molecule has 1 N–H and O–H groups in total. The van der Waals surface area contributed by atoms with Gasteiger partial charge in [-0.2, -0.15) is 0 Å². The lowest BCUT2D eigenvalue weighted by molar-refractivity contribution is -0.162. The van der Waals surface area contributed by atoms with Crippen molar-refractivity contribution in [1.82, 2.24) is 0 Å². The van der Waals surface area contributed by atoms with Crippen molar-refractivity contribution >= 4 is 40.8 Å². The fourth-order valence-corrected chi connectivity index (χ4v) is 3.84. The van der Waals surface area contributed by atoms with Crippen LogP contribution in [-0.2, 0) is 15.1 Å². The Kier molecular flexibility index (Phi) is 6.86. The maximum Gasteiger partial charge on any atom is 0.345 e. The van der Waals surface area contributed by atoms with Crippen LogP contribution in [0.1, 0.15) is 39.8 Å². The molecule has 2 aromatic rings. The second-order valence-corrected chi connectivity index (χ2v) is 9.25. The third kappa shape index (κ3) is 4.60. The number of aliphatic carboxylic acids is 1. The van der Waals surface area contributed by atoms with Crippen molar-refractivity contribution in [3.8, 4) is 0 Å². The van der Waals surface area contributed by atoms with E-state index in [1.165, 1.54) is 0 Å². The fourth-order valence-electron chi connectivity index (χ4n) is 3.60. The molecule has 0 amide bonds. The van der Waals surface area contributed by atoms with E-state index < -0.39 is 15.4 Å². The average molecular weight is 430 g/mol. The molecule has 0 saturated carbocycles. The van der Waals surface area contributed by atoms with E-state index in [2.05, 4.69) is 0 Å². The van der Waals surface area contributed by atoms with Gasteiger partial charge in [-0.25, -0.2) is 4.79 Å². The van der Waals surface area contributed by atoms with E-state index in [9.17, 15) is 9.90 Å². The maximum atomic E-state index is 12.8. The molecule has 0 fully saturated rings. The number of ether oxygens (including phenoxy) is 1. The summed E-state index contributed by atoms with van der Waals surface area (Å²) in [5, 5.41) is 10.4. The zero-order chi connectivity index (χ0) is 20.4. The molecule has 3 nitrogen and oxygen atoms in total. The van der Waals surface area contributed by atoms with Crippen LogP contribution in [0.4, 0.5) is 0 Å². The van der Waals surface area contributed by atoms with Crippen LogP contribution in [0.3, 0.4) is 0 Å². The van der Waals surface area contributed by atoms with E-state index in [1.54, 1.807) is 0 Å². The SMILES string of the molecule is Cc1cccc(C)c1C(OCCC(Cl)(Cl)Cl)(C(=O)O)c1c(C)cccc1C. The summed E-state index contributed by atoms with van der Waals surface area (Å²) in [6, 6.07) is 11.3. The van der Waals surface area contributed by atoms with Crippen LogP contribution in [0.2, 0.25) is 0 Å². The lowest BCUT2D eigenvalue weighted by atomic mass is 9.77. The molecular formula is C21H23Cl3O3. The largest absolute Gasteiger partial charge is 0.479 e. The van der Waals surface area contributed by atoms with Gasteiger partial charge in [0, 0.05) is 17.5 Å². The van der Waals surface area contributed by atoms with Crippen LogP contribution in [0.25, 0.3) is 0 Å². The highest BCUT2D eigenvalue weighted by molar-refractivity contribution is 6.67.